The van der Waals surface area contributed by atoms with Gasteiger partial charge in [0.05, 0.1) is 18.8 Å². The third kappa shape index (κ3) is 3.36. The quantitative estimate of drug-likeness (QED) is 0.749. The lowest BCUT2D eigenvalue weighted by atomic mass is 9.99. The number of carbonyl (C=O) groups is 1. The van der Waals surface area contributed by atoms with E-state index in [0.717, 1.165) is 6.42 Å². The first-order chi connectivity index (χ1) is 7.15. The van der Waals surface area contributed by atoms with E-state index in [9.17, 15) is 4.79 Å². The van der Waals surface area contributed by atoms with Gasteiger partial charge in [0.1, 0.15) is 0 Å². The first kappa shape index (κ1) is 11.7. The fourth-order valence-corrected chi connectivity index (χ4v) is 1.14. The molecule has 2 atom stereocenters. The highest BCUT2D eigenvalue weighted by molar-refractivity contribution is 5.81. The summed E-state index contributed by atoms with van der Waals surface area (Å²) in [5.41, 5.74) is 5.75. The number of nitrogens with zero attached hydrogens (tertiary/aromatic N) is 1. The van der Waals surface area contributed by atoms with Crippen LogP contribution in [0.25, 0.3) is 0 Å². The maximum absolute atomic E-state index is 11.5. The minimum Gasteiger partial charge on any atom is -0.360 e. The Labute approximate surface area is 89.0 Å². The second-order valence-electron chi connectivity index (χ2n) is 3.61. The van der Waals surface area contributed by atoms with Crippen molar-refractivity contribution >= 4 is 5.91 Å². The number of carbonyl (C=O) groups excluding carboxylic acids is 1. The molecule has 84 valence electrons. The van der Waals surface area contributed by atoms with E-state index in [0.29, 0.717) is 12.3 Å². The van der Waals surface area contributed by atoms with Crippen LogP contribution in [-0.4, -0.2) is 17.1 Å². The van der Waals surface area contributed by atoms with Crippen LogP contribution in [0.5, 0.6) is 0 Å². The van der Waals surface area contributed by atoms with Crippen LogP contribution in [0.3, 0.4) is 0 Å². The zero-order valence-electron chi connectivity index (χ0n) is 9.06. The standard InChI is InChI=1S/C10H17N3O2/c1-3-7(2)9(11)10(14)12-6-8-4-5-13-15-8/h4-5,7,9H,3,6,11H2,1-2H3,(H,12,14)/t7?,9-/m0/s1. The van der Waals surface area contributed by atoms with Crippen molar-refractivity contribution in [1.29, 1.82) is 0 Å². The van der Waals surface area contributed by atoms with E-state index in [1.54, 1.807) is 6.07 Å². The molecule has 3 N–H and O–H groups in total. The van der Waals surface area contributed by atoms with Crippen LogP contribution < -0.4 is 11.1 Å². The molecule has 0 aliphatic carbocycles. The van der Waals surface area contributed by atoms with Crippen LogP contribution in [0.4, 0.5) is 0 Å². The van der Waals surface area contributed by atoms with Crippen molar-refractivity contribution in [3.8, 4) is 0 Å². The van der Waals surface area contributed by atoms with Gasteiger partial charge in [-0.15, -0.1) is 0 Å². The van der Waals surface area contributed by atoms with E-state index in [2.05, 4.69) is 10.5 Å². The Morgan fingerprint density at radius 3 is 3.00 bits per heavy atom. The largest absolute Gasteiger partial charge is 0.360 e. The van der Waals surface area contributed by atoms with Crippen LogP contribution in [0.2, 0.25) is 0 Å². The van der Waals surface area contributed by atoms with Gasteiger partial charge in [-0.25, -0.2) is 0 Å². The second kappa shape index (κ2) is 5.50. The highest BCUT2D eigenvalue weighted by Crippen LogP contribution is 2.05. The lowest BCUT2D eigenvalue weighted by Gasteiger charge is -2.16. The van der Waals surface area contributed by atoms with Crippen LogP contribution >= 0.6 is 0 Å². The van der Waals surface area contributed by atoms with Crippen molar-refractivity contribution in [2.45, 2.75) is 32.9 Å². The van der Waals surface area contributed by atoms with Gasteiger partial charge in [0.25, 0.3) is 0 Å². The van der Waals surface area contributed by atoms with E-state index >= 15 is 0 Å². The molecule has 5 nitrogen and oxygen atoms in total. The van der Waals surface area contributed by atoms with Gasteiger partial charge in [-0.1, -0.05) is 25.4 Å². The zero-order valence-corrected chi connectivity index (χ0v) is 9.06. The van der Waals surface area contributed by atoms with Crippen molar-refractivity contribution < 1.29 is 9.32 Å². The summed E-state index contributed by atoms with van der Waals surface area (Å²) in [6.07, 6.45) is 2.42. The Morgan fingerprint density at radius 1 is 1.73 bits per heavy atom. The van der Waals surface area contributed by atoms with Crippen molar-refractivity contribution in [2.75, 3.05) is 0 Å². The third-order valence-corrected chi connectivity index (χ3v) is 2.49. The molecule has 1 aromatic rings. The molecule has 0 saturated heterocycles. The number of amides is 1. The summed E-state index contributed by atoms with van der Waals surface area (Å²) in [7, 11) is 0. The summed E-state index contributed by atoms with van der Waals surface area (Å²) in [5.74, 6) is 0.653. The number of hydrogen-bond donors (Lipinski definition) is 2. The SMILES string of the molecule is CCC(C)[C@H](N)C(=O)NCc1ccno1. The molecule has 1 rings (SSSR count). The van der Waals surface area contributed by atoms with Crippen LogP contribution in [0.15, 0.2) is 16.8 Å². The monoisotopic (exact) mass is 211 g/mol. The molecular formula is C10H17N3O2. The first-order valence-corrected chi connectivity index (χ1v) is 5.08. The molecule has 0 aliphatic heterocycles. The van der Waals surface area contributed by atoms with E-state index < -0.39 is 6.04 Å². The fourth-order valence-electron chi connectivity index (χ4n) is 1.14. The van der Waals surface area contributed by atoms with Gasteiger partial charge in [-0.05, 0) is 5.92 Å². The highest BCUT2D eigenvalue weighted by atomic mass is 16.5. The summed E-state index contributed by atoms with van der Waals surface area (Å²) < 4.78 is 4.84. The van der Waals surface area contributed by atoms with Gasteiger partial charge in [0.15, 0.2) is 5.76 Å². The third-order valence-electron chi connectivity index (χ3n) is 2.49. The van der Waals surface area contributed by atoms with E-state index in [1.165, 1.54) is 6.20 Å². The molecule has 0 saturated carbocycles. The van der Waals surface area contributed by atoms with Crippen LogP contribution in [0, 0.1) is 5.92 Å². The van der Waals surface area contributed by atoms with E-state index in [-0.39, 0.29) is 11.8 Å². The van der Waals surface area contributed by atoms with E-state index in [1.807, 2.05) is 13.8 Å². The van der Waals surface area contributed by atoms with E-state index in [4.69, 9.17) is 10.3 Å². The molecule has 0 bridgehead atoms. The molecule has 15 heavy (non-hydrogen) atoms. The minimum atomic E-state index is -0.460. The molecule has 1 amide bonds. The Bertz CT molecular complexity index is 298. The molecule has 1 heterocycles. The summed E-state index contributed by atoms with van der Waals surface area (Å²) in [6, 6.07) is 1.24. The Morgan fingerprint density at radius 2 is 2.47 bits per heavy atom. The molecule has 0 fully saturated rings. The lowest BCUT2D eigenvalue weighted by Crippen LogP contribution is -2.44. The topological polar surface area (TPSA) is 81.2 Å². The summed E-state index contributed by atoms with van der Waals surface area (Å²) in [4.78, 5) is 11.5. The minimum absolute atomic E-state index is 0.152. The Balaban J connectivity index is 2.36. The molecule has 0 aliphatic rings. The lowest BCUT2D eigenvalue weighted by molar-refractivity contribution is -0.123. The molecule has 1 aromatic heterocycles. The van der Waals surface area contributed by atoms with Crippen molar-refractivity contribution in [3.05, 3.63) is 18.0 Å². The van der Waals surface area contributed by atoms with Crippen molar-refractivity contribution in [3.63, 3.8) is 0 Å². The molecule has 5 heteroatoms. The molecular weight excluding hydrogens is 194 g/mol. The molecule has 1 unspecified atom stereocenters. The second-order valence-corrected chi connectivity index (χ2v) is 3.61. The normalized spacial score (nSPS) is 14.6. The first-order valence-electron chi connectivity index (χ1n) is 5.08. The Kier molecular flexibility index (Phi) is 4.30. The number of rotatable bonds is 5. The number of nitrogens with two attached hydrogens (primary N) is 1. The number of aromatic nitrogens is 1. The van der Waals surface area contributed by atoms with Gasteiger partial charge >= 0.3 is 0 Å². The predicted molar refractivity (Wildman–Crippen MR) is 55.8 cm³/mol. The summed E-state index contributed by atoms with van der Waals surface area (Å²) in [6.45, 7) is 4.30. The summed E-state index contributed by atoms with van der Waals surface area (Å²) in [5, 5.41) is 6.24. The highest BCUT2D eigenvalue weighted by Gasteiger charge is 2.19. The van der Waals surface area contributed by atoms with Gasteiger partial charge < -0.3 is 15.6 Å². The fraction of sp³-hybridized carbons (Fsp3) is 0.600. The van der Waals surface area contributed by atoms with Crippen molar-refractivity contribution in [1.82, 2.24) is 10.5 Å². The molecule has 0 radical (unpaired) electrons. The molecule has 0 aromatic carbocycles. The zero-order chi connectivity index (χ0) is 11.3. The maximum Gasteiger partial charge on any atom is 0.237 e. The smallest absolute Gasteiger partial charge is 0.237 e. The van der Waals surface area contributed by atoms with Gasteiger partial charge in [-0.3, -0.25) is 4.79 Å². The van der Waals surface area contributed by atoms with Gasteiger partial charge in [-0.2, -0.15) is 0 Å². The predicted octanol–water partition coefficient (Wildman–Crippen LogP) is 0.664. The van der Waals surface area contributed by atoms with Crippen LogP contribution in [0.1, 0.15) is 26.0 Å². The Hall–Kier alpha value is -1.36. The molecule has 0 spiro atoms. The van der Waals surface area contributed by atoms with Crippen LogP contribution in [-0.2, 0) is 11.3 Å². The number of nitrogens with one attached hydrogen (secondary N) is 1. The maximum atomic E-state index is 11.5. The average Bonchev–Trinajstić information content (AvgIpc) is 2.76. The average molecular weight is 211 g/mol. The van der Waals surface area contributed by atoms with Crippen molar-refractivity contribution in [2.24, 2.45) is 11.7 Å². The van der Waals surface area contributed by atoms with Gasteiger partial charge in [0, 0.05) is 6.07 Å². The van der Waals surface area contributed by atoms with Gasteiger partial charge in [0.2, 0.25) is 5.91 Å². The summed E-state index contributed by atoms with van der Waals surface area (Å²) >= 11 is 0. The number of hydrogen-bond acceptors (Lipinski definition) is 4.